The maximum atomic E-state index is 5.11. The van der Waals surface area contributed by atoms with Crippen LogP contribution in [0.5, 0.6) is 0 Å². The van der Waals surface area contributed by atoms with Crippen LogP contribution < -0.4 is 0 Å². The van der Waals surface area contributed by atoms with Gasteiger partial charge in [-0.25, -0.2) is 24.9 Å². The Morgan fingerprint density at radius 2 is 1.21 bits per heavy atom. The number of thiazole rings is 2. The van der Waals surface area contributed by atoms with E-state index < -0.39 is 0 Å². The highest BCUT2D eigenvalue weighted by Crippen LogP contribution is 2.46. The zero-order valence-corrected chi connectivity index (χ0v) is 31.5. The second kappa shape index (κ2) is 12.5. The van der Waals surface area contributed by atoms with Crippen LogP contribution >= 0.6 is 22.7 Å². The van der Waals surface area contributed by atoms with Crippen LogP contribution in [-0.2, 0) is 0 Å². The van der Waals surface area contributed by atoms with Crippen molar-refractivity contribution in [3.63, 3.8) is 0 Å². The van der Waals surface area contributed by atoms with Gasteiger partial charge >= 0.3 is 0 Å². The highest BCUT2D eigenvalue weighted by molar-refractivity contribution is 7.21. The molecule has 4 heterocycles. The number of rotatable bonds is 6. The first-order valence-electron chi connectivity index (χ1n) is 18.8. The van der Waals surface area contributed by atoms with E-state index in [0.29, 0.717) is 23.5 Å². The summed E-state index contributed by atoms with van der Waals surface area (Å²) >= 11 is 3.42. The number of fused-ring (bicyclic) bond motifs is 6. The van der Waals surface area contributed by atoms with Gasteiger partial charge in [-0.15, -0.1) is 11.3 Å². The van der Waals surface area contributed by atoms with Crippen molar-refractivity contribution >= 4 is 70.5 Å². The lowest BCUT2D eigenvalue weighted by atomic mass is 10.0. The minimum absolute atomic E-state index is 0.598. The number of nitrogens with zero attached hydrogens (tertiary/aromatic N) is 6. The van der Waals surface area contributed by atoms with Crippen LogP contribution in [0, 0.1) is 11.8 Å². The molecule has 264 valence electrons. The fraction of sp³-hybridized carbons (Fsp3) is 0.0625. The topological polar surface area (TPSA) is 69.4 Å². The zero-order valence-electron chi connectivity index (χ0n) is 29.9. The maximum Gasteiger partial charge on any atom is 0.195 e. The van der Waals surface area contributed by atoms with Gasteiger partial charge in [-0.1, -0.05) is 114 Å². The van der Waals surface area contributed by atoms with Gasteiger partial charge < -0.3 is 0 Å². The molecule has 0 aliphatic heterocycles. The SMILES string of the molecule is C1=C[C@H]2CC2C=C1c1nc(-c2ccccc2)nc(-c2ccc3nc(-c4cccc(-c5ccc6c(c5)c5ccccc5n6-c5nc6ccccc6s5)c4)sc3c2)n1. The summed E-state index contributed by atoms with van der Waals surface area (Å²) in [6.07, 6.45) is 8.01. The Balaban J connectivity index is 0.911. The minimum atomic E-state index is 0.598. The van der Waals surface area contributed by atoms with Crippen LogP contribution in [0.2, 0.25) is 0 Å². The number of hydrogen-bond acceptors (Lipinski definition) is 7. The lowest BCUT2D eigenvalue weighted by Crippen LogP contribution is -2.03. The van der Waals surface area contributed by atoms with Crippen LogP contribution in [0.1, 0.15) is 12.2 Å². The second-order valence-corrected chi connectivity index (χ2v) is 16.6. The third-order valence-corrected chi connectivity index (χ3v) is 13.1. The summed E-state index contributed by atoms with van der Waals surface area (Å²) in [5.41, 5.74) is 10.7. The molecule has 0 spiro atoms. The molecule has 2 atom stereocenters. The standard InChI is InChI=1S/C48H30N6S2/c1-2-9-28(10-3-1)44-51-45(32-18-17-30-24-35(30)25-32)53-46(52-44)33-19-21-39-43(27-33)55-47(49-39)34-12-8-11-29(23-34)31-20-22-41-37(26-31)36-13-4-6-15-40(36)54(41)48-50-38-14-5-7-16-42(38)56-48/h1-23,25-27,30,35H,24H2/t30-,35?/m0/s1. The molecule has 0 amide bonds. The molecule has 12 rings (SSSR count). The van der Waals surface area contributed by atoms with Crippen molar-refractivity contribution in [1.29, 1.82) is 0 Å². The number of para-hydroxylation sites is 2. The molecular formula is C48H30N6S2. The fourth-order valence-electron chi connectivity index (χ4n) is 7.99. The summed E-state index contributed by atoms with van der Waals surface area (Å²) in [5.74, 6) is 3.33. The van der Waals surface area contributed by atoms with E-state index in [1.165, 1.54) is 21.9 Å². The van der Waals surface area contributed by atoms with Crippen LogP contribution in [0.4, 0.5) is 0 Å². The molecule has 4 aromatic heterocycles. The van der Waals surface area contributed by atoms with E-state index in [4.69, 9.17) is 24.9 Å². The third kappa shape index (κ3) is 5.33. The molecule has 6 nitrogen and oxygen atoms in total. The summed E-state index contributed by atoms with van der Waals surface area (Å²) in [4.78, 5) is 25.1. The van der Waals surface area contributed by atoms with Gasteiger partial charge in [-0.2, -0.15) is 0 Å². The Kier molecular flexibility index (Phi) is 7.06. The van der Waals surface area contributed by atoms with Gasteiger partial charge in [0.1, 0.15) is 5.01 Å². The van der Waals surface area contributed by atoms with Crippen LogP contribution in [0.3, 0.4) is 0 Å². The predicted molar refractivity (Wildman–Crippen MR) is 231 cm³/mol. The molecule has 1 unspecified atom stereocenters. The van der Waals surface area contributed by atoms with E-state index in [1.807, 2.05) is 24.3 Å². The van der Waals surface area contributed by atoms with Crippen molar-refractivity contribution in [3.8, 4) is 49.6 Å². The molecule has 2 aliphatic carbocycles. The first-order chi connectivity index (χ1) is 27.7. The number of allylic oxidation sites excluding steroid dienone is 4. The summed E-state index contributed by atoms with van der Waals surface area (Å²) in [7, 11) is 0. The Morgan fingerprint density at radius 3 is 2.12 bits per heavy atom. The summed E-state index contributed by atoms with van der Waals surface area (Å²) in [6, 6.07) is 49.0. The molecule has 1 saturated carbocycles. The van der Waals surface area contributed by atoms with Crippen LogP contribution in [0.15, 0.2) is 158 Å². The van der Waals surface area contributed by atoms with Gasteiger partial charge in [-0.05, 0) is 84.0 Å². The largest absolute Gasteiger partial charge is 0.285 e. The second-order valence-electron chi connectivity index (χ2n) is 14.5. The van der Waals surface area contributed by atoms with Crippen molar-refractivity contribution in [3.05, 3.63) is 164 Å². The molecule has 8 heteroatoms. The third-order valence-electron chi connectivity index (χ3n) is 11.0. The van der Waals surface area contributed by atoms with E-state index in [9.17, 15) is 0 Å². The Bertz CT molecular complexity index is 3230. The first kappa shape index (κ1) is 31.7. The molecule has 1 fully saturated rings. The minimum Gasteiger partial charge on any atom is -0.285 e. The van der Waals surface area contributed by atoms with Crippen LogP contribution in [0.25, 0.3) is 97.4 Å². The quantitative estimate of drug-likeness (QED) is 0.169. The Morgan fingerprint density at radius 1 is 0.482 bits per heavy atom. The monoisotopic (exact) mass is 754 g/mol. The highest BCUT2D eigenvalue weighted by atomic mass is 32.1. The Labute approximate surface area is 329 Å². The van der Waals surface area contributed by atoms with Gasteiger partial charge in [0.2, 0.25) is 0 Å². The number of aromatic nitrogens is 6. The Hall–Kier alpha value is -6.61. The van der Waals surface area contributed by atoms with Gasteiger partial charge in [-0.3, -0.25) is 4.57 Å². The molecule has 2 aliphatic rings. The molecule has 0 bridgehead atoms. The van der Waals surface area contributed by atoms with Crippen molar-refractivity contribution in [1.82, 2.24) is 29.5 Å². The molecule has 0 saturated heterocycles. The molecule has 56 heavy (non-hydrogen) atoms. The zero-order chi connectivity index (χ0) is 36.7. The lowest BCUT2D eigenvalue weighted by molar-refractivity contribution is 0.970. The van der Waals surface area contributed by atoms with E-state index in [-0.39, 0.29) is 0 Å². The summed E-state index contributed by atoms with van der Waals surface area (Å²) < 4.78 is 4.58. The first-order valence-corrected chi connectivity index (χ1v) is 20.4. The van der Waals surface area contributed by atoms with Gasteiger partial charge in [0.15, 0.2) is 22.6 Å². The van der Waals surface area contributed by atoms with E-state index >= 15 is 0 Å². The summed E-state index contributed by atoms with van der Waals surface area (Å²) in [6.45, 7) is 0. The molecule has 0 radical (unpaired) electrons. The van der Waals surface area contributed by atoms with E-state index in [2.05, 4.69) is 138 Å². The summed E-state index contributed by atoms with van der Waals surface area (Å²) in [5, 5.41) is 4.38. The number of benzene rings is 6. The lowest BCUT2D eigenvalue weighted by Gasteiger charge is -2.10. The average Bonchev–Trinajstić information content (AvgIpc) is 3.54. The van der Waals surface area contributed by atoms with Crippen molar-refractivity contribution in [2.45, 2.75) is 6.42 Å². The van der Waals surface area contributed by atoms with Crippen molar-refractivity contribution in [2.24, 2.45) is 11.8 Å². The molecular weight excluding hydrogens is 725 g/mol. The van der Waals surface area contributed by atoms with Crippen molar-refractivity contribution in [2.75, 3.05) is 0 Å². The van der Waals surface area contributed by atoms with E-state index in [0.717, 1.165) is 76.1 Å². The van der Waals surface area contributed by atoms with Gasteiger partial charge in [0.25, 0.3) is 0 Å². The fourth-order valence-corrected chi connectivity index (χ4v) is 9.99. The predicted octanol–water partition coefficient (Wildman–Crippen LogP) is 12.4. The van der Waals surface area contributed by atoms with Gasteiger partial charge in [0, 0.05) is 33.0 Å². The number of hydrogen-bond donors (Lipinski definition) is 0. The maximum absolute atomic E-state index is 5.11. The smallest absolute Gasteiger partial charge is 0.195 e. The molecule has 6 aromatic carbocycles. The van der Waals surface area contributed by atoms with E-state index in [1.54, 1.807) is 22.7 Å². The molecule has 10 aromatic rings. The van der Waals surface area contributed by atoms with Crippen molar-refractivity contribution < 1.29 is 0 Å². The average molecular weight is 755 g/mol. The normalized spacial score (nSPS) is 16.2. The highest BCUT2D eigenvalue weighted by Gasteiger charge is 2.35. The van der Waals surface area contributed by atoms with Gasteiger partial charge in [0.05, 0.1) is 31.5 Å². The molecule has 0 N–H and O–H groups in total. The van der Waals surface area contributed by atoms with Crippen LogP contribution in [-0.4, -0.2) is 29.5 Å².